The van der Waals surface area contributed by atoms with E-state index in [9.17, 15) is 0 Å². The van der Waals surface area contributed by atoms with Crippen molar-refractivity contribution in [2.24, 2.45) is 0 Å². The minimum absolute atomic E-state index is 0.0760. The van der Waals surface area contributed by atoms with Crippen molar-refractivity contribution in [3.8, 4) is 0 Å². The second-order valence-electron chi connectivity index (χ2n) is 7.23. The Morgan fingerprint density at radius 1 is 0.850 bits per heavy atom. The van der Waals surface area contributed by atoms with Crippen LogP contribution in [0.2, 0.25) is 0 Å². The SMILES string of the molecule is CC(C)(C)Nc1n[nH]c2c1CCCCCCCCCC2. The van der Waals surface area contributed by atoms with Gasteiger partial charge in [0.25, 0.3) is 0 Å². The summed E-state index contributed by atoms with van der Waals surface area (Å²) in [5, 5.41) is 11.4. The van der Waals surface area contributed by atoms with E-state index in [4.69, 9.17) is 0 Å². The Morgan fingerprint density at radius 2 is 1.40 bits per heavy atom. The van der Waals surface area contributed by atoms with E-state index in [1.807, 2.05) is 0 Å². The number of nitrogens with one attached hydrogen (secondary N) is 2. The lowest BCUT2D eigenvalue weighted by Crippen LogP contribution is -2.27. The molecular formula is C17H31N3. The van der Waals surface area contributed by atoms with E-state index in [0.29, 0.717) is 0 Å². The summed E-state index contributed by atoms with van der Waals surface area (Å²) in [6.45, 7) is 6.59. The van der Waals surface area contributed by atoms with Gasteiger partial charge in [-0.25, -0.2) is 0 Å². The van der Waals surface area contributed by atoms with Crippen molar-refractivity contribution in [1.29, 1.82) is 0 Å². The van der Waals surface area contributed by atoms with Gasteiger partial charge in [-0.1, -0.05) is 38.5 Å². The van der Waals surface area contributed by atoms with Crippen LogP contribution in [-0.2, 0) is 12.8 Å². The van der Waals surface area contributed by atoms with Crippen molar-refractivity contribution in [2.75, 3.05) is 5.32 Å². The van der Waals surface area contributed by atoms with Crippen LogP contribution in [0.1, 0.15) is 83.4 Å². The number of H-pyrrole nitrogens is 1. The summed E-state index contributed by atoms with van der Waals surface area (Å²) in [4.78, 5) is 0. The first-order chi connectivity index (χ1) is 9.56. The van der Waals surface area contributed by atoms with Crippen LogP contribution in [0, 0.1) is 0 Å². The fourth-order valence-electron chi connectivity index (χ4n) is 3.00. The maximum atomic E-state index is 4.54. The zero-order valence-electron chi connectivity index (χ0n) is 13.5. The van der Waals surface area contributed by atoms with E-state index < -0.39 is 0 Å². The minimum Gasteiger partial charge on any atom is -0.364 e. The molecule has 1 heterocycles. The van der Waals surface area contributed by atoms with Crippen LogP contribution in [-0.4, -0.2) is 15.7 Å². The van der Waals surface area contributed by atoms with E-state index >= 15 is 0 Å². The zero-order chi connectivity index (χ0) is 14.4. The Bertz CT molecular complexity index is 401. The highest BCUT2D eigenvalue weighted by atomic mass is 15.2. The van der Waals surface area contributed by atoms with Crippen LogP contribution >= 0.6 is 0 Å². The molecule has 2 rings (SSSR count). The molecule has 0 amide bonds. The van der Waals surface area contributed by atoms with E-state index in [-0.39, 0.29) is 5.54 Å². The van der Waals surface area contributed by atoms with Gasteiger partial charge in [0.1, 0.15) is 0 Å². The molecule has 0 unspecified atom stereocenters. The van der Waals surface area contributed by atoms with E-state index in [1.54, 1.807) is 0 Å². The summed E-state index contributed by atoms with van der Waals surface area (Å²) in [5.74, 6) is 1.09. The third-order valence-electron chi connectivity index (χ3n) is 4.05. The van der Waals surface area contributed by atoms with Gasteiger partial charge in [0.05, 0.1) is 0 Å². The second-order valence-corrected chi connectivity index (χ2v) is 7.23. The first-order valence-electron chi connectivity index (χ1n) is 8.40. The molecular weight excluding hydrogens is 246 g/mol. The smallest absolute Gasteiger partial charge is 0.151 e. The maximum absolute atomic E-state index is 4.54. The molecule has 0 saturated carbocycles. The van der Waals surface area contributed by atoms with Gasteiger partial charge in [0.15, 0.2) is 5.82 Å². The Labute approximate surface area is 123 Å². The fourth-order valence-corrected chi connectivity index (χ4v) is 3.00. The van der Waals surface area contributed by atoms with Crippen LogP contribution in [0.15, 0.2) is 0 Å². The molecule has 3 heteroatoms. The Morgan fingerprint density at radius 3 is 2.00 bits per heavy atom. The minimum atomic E-state index is 0.0760. The fraction of sp³-hybridized carbons (Fsp3) is 0.824. The van der Waals surface area contributed by atoms with Gasteiger partial charge in [-0.3, -0.25) is 5.10 Å². The number of rotatable bonds is 1. The highest BCUT2D eigenvalue weighted by molar-refractivity contribution is 5.48. The van der Waals surface area contributed by atoms with Crippen LogP contribution < -0.4 is 5.32 Å². The molecule has 0 radical (unpaired) electrons. The van der Waals surface area contributed by atoms with Crippen LogP contribution in [0.4, 0.5) is 5.82 Å². The quantitative estimate of drug-likeness (QED) is 0.771. The van der Waals surface area contributed by atoms with Crippen molar-refractivity contribution in [2.45, 2.75) is 90.5 Å². The summed E-state index contributed by atoms with van der Waals surface area (Å²) in [6.07, 6.45) is 13.3. The van der Waals surface area contributed by atoms with Gasteiger partial charge < -0.3 is 5.32 Å². The van der Waals surface area contributed by atoms with Gasteiger partial charge in [0.2, 0.25) is 0 Å². The maximum Gasteiger partial charge on any atom is 0.151 e. The molecule has 1 aromatic rings. The van der Waals surface area contributed by atoms with E-state index in [2.05, 4.69) is 36.3 Å². The third kappa shape index (κ3) is 4.84. The number of aryl methyl sites for hydroxylation is 1. The third-order valence-corrected chi connectivity index (χ3v) is 4.05. The molecule has 0 spiro atoms. The predicted octanol–water partition coefficient (Wildman–Crippen LogP) is 4.84. The van der Waals surface area contributed by atoms with Gasteiger partial charge in [-0.15, -0.1) is 0 Å². The first kappa shape index (κ1) is 15.4. The van der Waals surface area contributed by atoms with Gasteiger partial charge in [-0.2, -0.15) is 5.10 Å². The first-order valence-corrected chi connectivity index (χ1v) is 8.40. The Balaban J connectivity index is 2.09. The largest absolute Gasteiger partial charge is 0.364 e. The molecule has 0 atom stereocenters. The van der Waals surface area contributed by atoms with E-state index in [0.717, 1.165) is 12.2 Å². The van der Waals surface area contributed by atoms with Crippen LogP contribution in [0.25, 0.3) is 0 Å². The zero-order valence-corrected chi connectivity index (χ0v) is 13.5. The van der Waals surface area contributed by atoms with Crippen molar-refractivity contribution in [1.82, 2.24) is 10.2 Å². The standard InChI is InChI=1S/C17H31N3/c1-17(2,3)18-16-14-12-10-8-6-4-5-7-9-11-13-15(14)19-20-16/h4-13H2,1-3H3,(H2,18,19,20). The molecule has 0 aromatic carbocycles. The molecule has 0 fully saturated rings. The van der Waals surface area contributed by atoms with E-state index in [1.165, 1.54) is 69.0 Å². The summed E-state index contributed by atoms with van der Waals surface area (Å²) in [7, 11) is 0. The summed E-state index contributed by atoms with van der Waals surface area (Å²) in [6, 6.07) is 0. The average molecular weight is 277 g/mol. The van der Waals surface area contributed by atoms with Crippen molar-refractivity contribution in [3.05, 3.63) is 11.3 Å². The summed E-state index contributed by atoms with van der Waals surface area (Å²) in [5.41, 5.74) is 2.89. The number of hydrogen-bond donors (Lipinski definition) is 2. The lowest BCUT2D eigenvalue weighted by atomic mass is 9.98. The normalized spacial score (nSPS) is 18.8. The second kappa shape index (κ2) is 7.14. The highest BCUT2D eigenvalue weighted by Gasteiger charge is 2.18. The number of fused-ring (bicyclic) bond motifs is 1. The topological polar surface area (TPSA) is 40.7 Å². The number of aromatic amines is 1. The lowest BCUT2D eigenvalue weighted by Gasteiger charge is -2.21. The predicted molar refractivity (Wildman–Crippen MR) is 86.3 cm³/mol. The van der Waals surface area contributed by atoms with Gasteiger partial charge in [-0.05, 0) is 46.5 Å². The summed E-state index contributed by atoms with van der Waals surface area (Å²) >= 11 is 0. The molecule has 2 N–H and O–H groups in total. The van der Waals surface area contributed by atoms with Crippen LogP contribution in [0.3, 0.4) is 0 Å². The van der Waals surface area contributed by atoms with Crippen molar-refractivity contribution < 1.29 is 0 Å². The monoisotopic (exact) mass is 277 g/mol. The van der Waals surface area contributed by atoms with Crippen molar-refractivity contribution in [3.63, 3.8) is 0 Å². The van der Waals surface area contributed by atoms with Gasteiger partial charge in [0, 0.05) is 16.8 Å². The Hall–Kier alpha value is -0.990. The van der Waals surface area contributed by atoms with Crippen LogP contribution in [0.5, 0.6) is 0 Å². The molecule has 0 bridgehead atoms. The highest BCUT2D eigenvalue weighted by Crippen LogP contribution is 2.25. The molecule has 1 aromatic heterocycles. The molecule has 20 heavy (non-hydrogen) atoms. The Kier molecular flexibility index (Phi) is 5.50. The van der Waals surface area contributed by atoms with Crippen molar-refractivity contribution >= 4 is 5.82 Å². The van der Waals surface area contributed by atoms with Gasteiger partial charge >= 0.3 is 0 Å². The molecule has 1 aliphatic carbocycles. The lowest BCUT2D eigenvalue weighted by molar-refractivity contribution is 0.558. The summed E-state index contributed by atoms with van der Waals surface area (Å²) < 4.78 is 0. The molecule has 1 aliphatic rings. The molecule has 114 valence electrons. The number of nitrogens with zero attached hydrogens (tertiary/aromatic N) is 1. The average Bonchev–Trinajstić information content (AvgIpc) is 2.69. The molecule has 0 aliphatic heterocycles. The molecule has 0 saturated heterocycles. The number of aromatic nitrogens is 2. The molecule has 3 nitrogen and oxygen atoms in total. The number of anilines is 1. The number of hydrogen-bond acceptors (Lipinski definition) is 2.